The smallest absolute Gasteiger partial charge is 0.161 e. The van der Waals surface area contributed by atoms with Gasteiger partial charge in [0, 0.05) is 12.6 Å². The summed E-state index contributed by atoms with van der Waals surface area (Å²) in [5.74, 6) is 1.62. The number of benzene rings is 3. The molecule has 0 radical (unpaired) electrons. The van der Waals surface area contributed by atoms with Crippen molar-refractivity contribution in [3.05, 3.63) is 47.5 Å². The van der Waals surface area contributed by atoms with Crippen molar-refractivity contribution >= 4 is 21.5 Å². The maximum absolute atomic E-state index is 5.60. The molecule has 1 atom stereocenters. The Morgan fingerprint density at radius 1 is 0.880 bits per heavy atom. The van der Waals surface area contributed by atoms with E-state index in [4.69, 9.17) is 9.47 Å². The summed E-state index contributed by atoms with van der Waals surface area (Å²) in [6, 6.07) is 13.9. The van der Waals surface area contributed by atoms with Crippen LogP contribution in [0.15, 0.2) is 36.4 Å². The fourth-order valence-electron chi connectivity index (χ4n) is 4.84. The second-order valence-electron chi connectivity index (χ2n) is 7.23. The Morgan fingerprint density at radius 2 is 1.60 bits per heavy atom. The molecule has 0 bridgehead atoms. The minimum atomic E-state index is 0.716. The monoisotopic (exact) mass is 333 g/mol. The van der Waals surface area contributed by atoms with Gasteiger partial charge in [-0.25, -0.2) is 0 Å². The Bertz CT molecular complexity index is 979. The lowest BCUT2D eigenvalue weighted by molar-refractivity contribution is 0.229. The van der Waals surface area contributed by atoms with Crippen LogP contribution >= 0.6 is 0 Å². The molecule has 0 amide bonds. The first-order valence-corrected chi connectivity index (χ1v) is 9.12. The second kappa shape index (κ2) is 5.63. The van der Waals surface area contributed by atoms with E-state index in [2.05, 4.69) is 41.3 Å². The van der Waals surface area contributed by atoms with Crippen molar-refractivity contribution in [3.63, 3.8) is 0 Å². The van der Waals surface area contributed by atoms with Crippen LogP contribution in [0, 0.1) is 0 Å². The molecule has 2 aliphatic heterocycles. The summed E-state index contributed by atoms with van der Waals surface area (Å²) in [5, 5.41) is 5.31. The minimum Gasteiger partial charge on any atom is -0.493 e. The molecular weight excluding hydrogens is 310 g/mol. The highest BCUT2D eigenvalue weighted by Gasteiger charge is 2.32. The minimum absolute atomic E-state index is 0.716. The average Bonchev–Trinajstić information content (AvgIpc) is 3.13. The molecule has 2 aliphatic rings. The molecule has 3 heteroatoms. The molecule has 1 fully saturated rings. The highest BCUT2D eigenvalue weighted by Crippen LogP contribution is 2.43. The van der Waals surface area contributed by atoms with Crippen molar-refractivity contribution < 1.29 is 9.47 Å². The highest BCUT2D eigenvalue weighted by atomic mass is 16.5. The van der Waals surface area contributed by atoms with E-state index in [9.17, 15) is 0 Å². The van der Waals surface area contributed by atoms with Gasteiger partial charge in [0.05, 0.1) is 14.2 Å². The van der Waals surface area contributed by atoms with E-state index in [-0.39, 0.29) is 0 Å². The van der Waals surface area contributed by atoms with Gasteiger partial charge in [0.1, 0.15) is 0 Å². The second-order valence-corrected chi connectivity index (χ2v) is 7.23. The number of fused-ring (bicyclic) bond motifs is 7. The number of methoxy groups -OCH3 is 2. The molecule has 1 saturated heterocycles. The van der Waals surface area contributed by atoms with Crippen molar-refractivity contribution in [3.8, 4) is 11.5 Å². The highest BCUT2D eigenvalue weighted by molar-refractivity contribution is 6.11. The SMILES string of the molecule is COc1cc2c3c(c4ccccc4c2cc1OC)C[C@H]1CCCN1C3. The molecule has 0 N–H and O–H groups in total. The van der Waals surface area contributed by atoms with Crippen molar-refractivity contribution in [2.75, 3.05) is 20.8 Å². The molecule has 3 aromatic rings. The maximum Gasteiger partial charge on any atom is 0.161 e. The lowest BCUT2D eigenvalue weighted by atomic mass is 9.85. The van der Waals surface area contributed by atoms with Gasteiger partial charge in [-0.15, -0.1) is 0 Å². The van der Waals surface area contributed by atoms with Crippen molar-refractivity contribution in [2.24, 2.45) is 0 Å². The zero-order valence-electron chi connectivity index (χ0n) is 14.8. The molecule has 0 unspecified atom stereocenters. The van der Waals surface area contributed by atoms with Crippen LogP contribution in [-0.4, -0.2) is 31.7 Å². The molecule has 0 spiro atoms. The first-order valence-electron chi connectivity index (χ1n) is 9.12. The standard InChI is InChI=1S/C22H23NO2/c1-24-21-11-18-16-8-4-3-7-15(16)17-10-14-6-5-9-23(14)13-20(17)19(18)12-22(21)25-2/h3-4,7-8,11-12,14H,5-6,9-10,13H2,1-2H3/t14-/m1/s1. The van der Waals surface area contributed by atoms with E-state index in [1.54, 1.807) is 19.8 Å². The number of hydrogen-bond acceptors (Lipinski definition) is 3. The lowest BCUT2D eigenvalue weighted by Crippen LogP contribution is -2.35. The maximum atomic E-state index is 5.60. The predicted octanol–water partition coefficient (Wildman–Crippen LogP) is 4.53. The Hall–Kier alpha value is -2.26. The van der Waals surface area contributed by atoms with Crippen molar-refractivity contribution in [2.45, 2.75) is 31.8 Å². The molecule has 0 saturated carbocycles. The van der Waals surface area contributed by atoms with E-state index < -0.39 is 0 Å². The van der Waals surface area contributed by atoms with Crippen LogP contribution < -0.4 is 9.47 Å². The van der Waals surface area contributed by atoms with Gasteiger partial charge >= 0.3 is 0 Å². The number of nitrogens with zero attached hydrogens (tertiary/aromatic N) is 1. The average molecular weight is 333 g/mol. The van der Waals surface area contributed by atoms with Crippen LogP contribution in [0.3, 0.4) is 0 Å². The van der Waals surface area contributed by atoms with Gasteiger partial charge in [0.25, 0.3) is 0 Å². The summed E-state index contributed by atoms with van der Waals surface area (Å²) in [6.07, 6.45) is 3.82. The summed E-state index contributed by atoms with van der Waals surface area (Å²) in [7, 11) is 3.42. The third kappa shape index (κ3) is 2.15. The zero-order valence-corrected chi connectivity index (χ0v) is 14.8. The van der Waals surface area contributed by atoms with Crippen LogP contribution in [0.4, 0.5) is 0 Å². The van der Waals surface area contributed by atoms with Gasteiger partial charge in [-0.05, 0) is 70.6 Å². The zero-order chi connectivity index (χ0) is 17.0. The summed E-state index contributed by atoms with van der Waals surface area (Å²) in [4.78, 5) is 2.66. The van der Waals surface area contributed by atoms with Gasteiger partial charge in [-0.2, -0.15) is 0 Å². The Labute approximate surface area is 148 Å². The number of hydrogen-bond donors (Lipinski definition) is 0. The lowest BCUT2D eigenvalue weighted by Gasteiger charge is -2.33. The number of rotatable bonds is 2. The van der Waals surface area contributed by atoms with Gasteiger partial charge in [0.2, 0.25) is 0 Å². The molecule has 25 heavy (non-hydrogen) atoms. The molecule has 3 nitrogen and oxygen atoms in total. The van der Waals surface area contributed by atoms with E-state index in [0.717, 1.165) is 18.0 Å². The third-order valence-electron chi connectivity index (χ3n) is 6.06. The van der Waals surface area contributed by atoms with Gasteiger partial charge < -0.3 is 9.47 Å². The normalized spacial score (nSPS) is 19.8. The summed E-state index contributed by atoms with van der Waals surface area (Å²) >= 11 is 0. The van der Waals surface area contributed by atoms with E-state index in [0.29, 0.717) is 6.04 Å². The Balaban J connectivity index is 1.88. The van der Waals surface area contributed by atoms with E-state index in [1.807, 2.05) is 0 Å². The molecule has 0 aliphatic carbocycles. The van der Waals surface area contributed by atoms with E-state index >= 15 is 0 Å². The Morgan fingerprint density at radius 3 is 2.36 bits per heavy atom. The largest absolute Gasteiger partial charge is 0.493 e. The van der Waals surface area contributed by atoms with Gasteiger partial charge in [-0.3, -0.25) is 4.90 Å². The van der Waals surface area contributed by atoms with Crippen LogP contribution in [0.25, 0.3) is 21.5 Å². The first kappa shape index (κ1) is 15.0. The van der Waals surface area contributed by atoms with Gasteiger partial charge in [-0.1, -0.05) is 24.3 Å². The van der Waals surface area contributed by atoms with Crippen LogP contribution in [-0.2, 0) is 13.0 Å². The molecular formula is C22H23NO2. The third-order valence-corrected chi connectivity index (χ3v) is 6.06. The molecule has 3 aromatic carbocycles. The summed E-state index contributed by atoms with van der Waals surface area (Å²) < 4.78 is 11.2. The molecule has 0 aromatic heterocycles. The van der Waals surface area contributed by atoms with E-state index in [1.165, 1.54) is 52.9 Å². The van der Waals surface area contributed by atoms with Crippen LogP contribution in [0.2, 0.25) is 0 Å². The van der Waals surface area contributed by atoms with Crippen molar-refractivity contribution in [1.82, 2.24) is 4.90 Å². The van der Waals surface area contributed by atoms with Crippen molar-refractivity contribution in [1.29, 1.82) is 0 Å². The quantitative estimate of drug-likeness (QED) is 0.643. The first-order chi connectivity index (χ1) is 12.3. The number of ether oxygens (including phenoxy) is 2. The van der Waals surface area contributed by atoms with Gasteiger partial charge in [0.15, 0.2) is 11.5 Å². The topological polar surface area (TPSA) is 21.7 Å². The fourth-order valence-corrected chi connectivity index (χ4v) is 4.84. The molecule has 128 valence electrons. The predicted molar refractivity (Wildman–Crippen MR) is 102 cm³/mol. The van der Waals surface area contributed by atoms with Crippen LogP contribution in [0.1, 0.15) is 24.0 Å². The summed E-state index contributed by atoms with van der Waals surface area (Å²) in [5.41, 5.74) is 3.02. The molecule has 5 rings (SSSR count). The summed E-state index contributed by atoms with van der Waals surface area (Å²) in [6.45, 7) is 2.28. The Kier molecular flexibility index (Phi) is 3.39. The molecule has 2 heterocycles. The fraction of sp³-hybridized carbons (Fsp3) is 0.364. The van der Waals surface area contributed by atoms with Crippen LogP contribution in [0.5, 0.6) is 11.5 Å².